The van der Waals surface area contributed by atoms with Gasteiger partial charge in [0.1, 0.15) is 12.4 Å². The van der Waals surface area contributed by atoms with Crippen LogP contribution in [-0.4, -0.2) is 25.8 Å². The molecule has 1 saturated carbocycles. The molecule has 0 radical (unpaired) electrons. The molecule has 0 unspecified atom stereocenters. The number of fused-ring (bicyclic) bond motifs is 1. The molecule has 0 aliphatic heterocycles. The molecule has 0 spiro atoms. The standard InChI is InChI=1S/C19H22FN3O2/c1-13(22-9-18(20)21-12-22)11-25-17-4-2-3-15-7-16(10-24)23(19(15)17)8-14-5-6-14/h2-4,7,9,12-14,24H,5-6,8,10-11H2,1H3/t13-/m1/s1. The molecule has 4 rings (SSSR count). The number of imidazole rings is 1. The zero-order chi connectivity index (χ0) is 17.4. The summed E-state index contributed by atoms with van der Waals surface area (Å²) in [5, 5.41) is 10.8. The average molecular weight is 343 g/mol. The summed E-state index contributed by atoms with van der Waals surface area (Å²) in [6.07, 6.45) is 5.34. The van der Waals surface area contributed by atoms with E-state index in [1.54, 1.807) is 4.57 Å². The number of rotatable bonds is 7. The van der Waals surface area contributed by atoms with Crippen molar-refractivity contribution in [2.75, 3.05) is 6.61 Å². The van der Waals surface area contributed by atoms with Crippen molar-refractivity contribution in [3.8, 4) is 5.75 Å². The van der Waals surface area contributed by atoms with Crippen molar-refractivity contribution in [2.24, 2.45) is 5.92 Å². The molecule has 1 aliphatic rings. The van der Waals surface area contributed by atoms with Gasteiger partial charge in [0.25, 0.3) is 0 Å². The molecule has 25 heavy (non-hydrogen) atoms. The zero-order valence-corrected chi connectivity index (χ0v) is 14.2. The molecule has 1 N–H and O–H groups in total. The molecule has 0 saturated heterocycles. The Hall–Kier alpha value is -2.34. The molecule has 132 valence electrons. The van der Waals surface area contributed by atoms with Crippen molar-refractivity contribution >= 4 is 10.9 Å². The number of benzene rings is 1. The summed E-state index contributed by atoms with van der Waals surface area (Å²) in [5.74, 6) is 1.01. The average Bonchev–Trinajstić information content (AvgIpc) is 3.21. The first-order valence-corrected chi connectivity index (χ1v) is 8.69. The second kappa shape index (κ2) is 6.52. The van der Waals surface area contributed by atoms with Crippen LogP contribution >= 0.6 is 0 Å². The summed E-state index contributed by atoms with van der Waals surface area (Å²) in [6.45, 7) is 3.31. The van der Waals surface area contributed by atoms with Crippen LogP contribution in [0.15, 0.2) is 36.8 Å². The van der Waals surface area contributed by atoms with Crippen molar-refractivity contribution in [3.05, 3.63) is 48.4 Å². The van der Waals surface area contributed by atoms with E-state index >= 15 is 0 Å². The largest absolute Gasteiger partial charge is 0.489 e. The van der Waals surface area contributed by atoms with E-state index in [2.05, 4.69) is 9.55 Å². The van der Waals surface area contributed by atoms with Gasteiger partial charge in [0, 0.05) is 17.6 Å². The summed E-state index contributed by atoms with van der Waals surface area (Å²) in [6, 6.07) is 7.95. The third-order valence-electron chi connectivity index (χ3n) is 4.83. The summed E-state index contributed by atoms with van der Waals surface area (Å²) < 4.78 is 23.0. The van der Waals surface area contributed by atoms with Crippen LogP contribution in [0.3, 0.4) is 0 Å². The predicted molar refractivity (Wildman–Crippen MR) is 93.0 cm³/mol. The highest BCUT2D eigenvalue weighted by atomic mass is 19.1. The Labute approximate surface area is 145 Å². The van der Waals surface area contributed by atoms with Crippen molar-refractivity contribution in [2.45, 2.75) is 39.0 Å². The summed E-state index contributed by atoms with van der Waals surface area (Å²) in [4.78, 5) is 3.62. The lowest BCUT2D eigenvalue weighted by Gasteiger charge is -2.16. The molecule has 0 amide bonds. The molecular weight excluding hydrogens is 321 g/mol. The van der Waals surface area contributed by atoms with Gasteiger partial charge in [-0.15, -0.1) is 0 Å². The number of aliphatic hydroxyl groups is 1. The molecule has 2 aromatic heterocycles. The van der Waals surface area contributed by atoms with Gasteiger partial charge in [-0.25, -0.2) is 4.98 Å². The Morgan fingerprint density at radius 2 is 2.24 bits per heavy atom. The van der Waals surface area contributed by atoms with Crippen molar-refractivity contribution in [3.63, 3.8) is 0 Å². The fourth-order valence-corrected chi connectivity index (χ4v) is 3.21. The van der Waals surface area contributed by atoms with Crippen LogP contribution < -0.4 is 4.74 Å². The highest BCUT2D eigenvalue weighted by molar-refractivity contribution is 5.87. The van der Waals surface area contributed by atoms with Gasteiger partial charge in [-0.2, -0.15) is 4.39 Å². The minimum Gasteiger partial charge on any atom is -0.489 e. The number of ether oxygens (including phenoxy) is 1. The van der Waals surface area contributed by atoms with E-state index in [4.69, 9.17) is 4.74 Å². The summed E-state index contributed by atoms with van der Waals surface area (Å²) in [5.41, 5.74) is 1.95. The molecule has 1 aromatic carbocycles. The van der Waals surface area contributed by atoms with Crippen LogP contribution in [-0.2, 0) is 13.2 Å². The Morgan fingerprint density at radius 1 is 1.40 bits per heavy atom. The fraction of sp³-hybridized carbons (Fsp3) is 0.421. The van der Waals surface area contributed by atoms with E-state index in [1.807, 2.05) is 31.2 Å². The second-order valence-corrected chi connectivity index (χ2v) is 6.85. The van der Waals surface area contributed by atoms with E-state index in [-0.39, 0.29) is 12.6 Å². The molecule has 2 heterocycles. The number of hydrogen-bond donors (Lipinski definition) is 1. The minimum atomic E-state index is -0.486. The van der Waals surface area contributed by atoms with Crippen LogP contribution in [0.4, 0.5) is 4.39 Å². The SMILES string of the molecule is C[C@H](COc1cccc2cc(CO)n(CC3CC3)c12)n1cnc(F)c1. The van der Waals surface area contributed by atoms with Gasteiger partial charge in [0.2, 0.25) is 5.95 Å². The molecule has 6 heteroatoms. The lowest BCUT2D eigenvalue weighted by atomic mass is 10.2. The van der Waals surface area contributed by atoms with Crippen LogP contribution in [0.1, 0.15) is 31.5 Å². The van der Waals surface area contributed by atoms with Crippen LogP contribution in [0.2, 0.25) is 0 Å². The highest BCUT2D eigenvalue weighted by Crippen LogP contribution is 2.36. The normalized spacial score (nSPS) is 15.6. The van der Waals surface area contributed by atoms with Gasteiger partial charge in [-0.3, -0.25) is 0 Å². The van der Waals surface area contributed by atoms with Crippen LogP contribution in [0.25, 0.3) is 10.9 Å². The molecular formula is C19H22FN3O2. The maximum atomic E-state index is 13.1. The third kappa shape index (κ3) is 3.26. The van der Waals surface area contributed by atoms with Crippen LogP contribution in [0, 0.1) is 11.9 Å². The fourth-order valence-electron chi connectivity index (χ4n) is 3.21. The molecule has 1 aliphatic carbocycles. The molecule has 1 atom stereocenters. The number of halogens is 1. The quantitative estimate of drug-likeness (QED) is 0.714. The van der Waals surface area contributed by atoms with Crippen molar-refractivity contribution in [1.29, 1.82) is 0 Å². The van der Waals surface area contributed by atoms with Crippen LogP contribution in [0.5, 0.6) is 5.75 Å². The first kappa shape index (κ1) is 16.1. The predicted octanol–water partition coefficient (Wildman–Crippen LogP) is 3.52. The van der Waals surface area contributed by atoms with Crippen molar-refractivity contribution < 1.29 is 14.2 Å². The Morgan fingerprint density at radius 3 is 2.92 bits per heavy atom. The monoisotopic (exact) mass is 343 g/mol. The topological polar surface area (TPSA) is 52.2 Å². The third-order valence-corrected chi connectivity index (χ3v) is 4.83. The highest BCUT2D eigenvalue weighted by Gasteiger charge is 2.24. The van der Waals surface area contributed by atoms with Crippen molar-refractivity contribution in [1.82, 2.24) is 14.1 Å². The molecule has 1 fully saturated rings. The van der Waals surface area contributed by atoms with Gasteiger partial charge < -0.3 is 19.0 Å². The lowest BCUT2D eigenvalue weighted by molar-refractivity contribution is 0.260. The Bertz CT molecular complexity index is 882. The molecule has 3 aromatic rings. The smallest absolute Gasteiger partial charge is 0.230 e. The summed E-state index contributed by atoms with van der Waals surface area (Å²) >= 11 is 0. The van der Waals surface area contributed by atoms with Gasteiger partial charge >= 0.3 is 0 Å². The maximum absolute atomic E-state index is 13.1. The van der Waals surface area contributed by atoms with E-state index in [0.717, 1.165) is 28.9 Å². The van der Waals surface area contributed by atoms with Gasteiger partial charge in [-0.05, 0) is 37.8 Å². The first-order valence-electron chi connectivity index (χ1n) is 8.69. The molecule has 0 bridgehead atoms. The second-order valence-electron chi connectivity index (χ2n) is 6.85. The first-order chi connectivity index (χ1) is 12.2. The van der Waals surface area contributed by atoms with E-state index < -0.39 is 5.95 Å². The molecule has 5 nitrogen and oxygen atoms in total. The number of aromatic nitrogens is 3. The number of aliphatic hydroxyl groups excluding tert-OH is 1. The van der Waals surface area contributed by atoms with Gasteiger partial charge in [0.15, 0.2) is 0 Å². The number of hydrogen-bond acceptors (Lipinski definition) is 3. The summed E-state index contributed by atoms with van der Waals surface area (Å²) in [7, 11) is 0. The van der Waals surface area contributed by atoms with Gasteiger partial charge in [-0.1, -0.05) is 12.1 Å². The Balaban J connectivity index is 1.61. The van der Waals surface area contributed by atoms with Gasteiger partial charge in [0.05, 0.1) is 30.7 Å². The minimum absolute atomic E-state index is 0.0194. The maximum Gasteiger partial charge on any atom is 0.230 e. The zero-order valence-electron chi connectivity index (χ0n) is 14.2. The number of nitrogens with zero attached hydrogens (tertiary/aromatic N) is 3. The van der Waals surface area contributed by atoms with E-state index in [9.17, 15) is 9.50 Å². The Kier molecular flexibility index (Phi) is 4.21. The van der Waals surface area contributed by atoms with E-state index in [1.165, 1.54) is 25.4 Å². The number of para-hydroxylation sites is 1. The van der Waals surface area contributed by atoms with E-state index in [0.29, 0.717) is 12.5 Å². The lowest BCUT2D eigenvalue weighted by Crippen LogP contribution is -2.13.